The van der Waals surface area contributed by atoms with Crippen molar-refractivity contribution in [1.29, 1.82) is 0 Å². The minimum atomic E-state index is 0.330. The molecule has 1 aliphatic heterocycles. The summed E-state index contributed by atoms with van der Waals surface area (Å²) in [6, 6.07) is 8.68. The van der Waals surface area contributed by atoms with E-state index in [0.29, 0.717) is 6.10 Å². The second-order valence-corrected chi connectivity index (χ2v) is 6.15. The van der Waals surface area contributed by atoms with Crippen molar-refractivity contribution < 1.29 is 4.74 Å². The van der Waals surface area contributed by atoms with Crippen LogP contribution in [0.3, 0.4) is 0 Å². The number of guanidine groups is 1. The lowest BCUT2D eigenvalue weighted by molar-refractivity contribution is 0.113. The van der Waals surface area contributed by atoms with Crippen LogP contribution >= 0.6 is 11.8 Å². The van der Waals surface area contributed by atoms with E-state index in [9.17, 15) is 0 Å². The lowest BCUT2D eigenvalue weighted by Gasteiger charge is -2.23. The van der Waals surface area contributed by atoms with Crippen molar-refractivity contribution in [3.63, 3.8) is 0 Å². The number of benzene rings is 1. The third kappa shape index (κ3) is 4.93. The summed E-state index contributed by atoms with van der Waals surface area (Å²) >= 11 is 1.77. The van der Waals surface area contributed by atoms with Gasteiger partial charge in [0.1, 0.15) is 0 Å². The van der Waals surface area contributed by atoms with Crippen LogP contribution < -0.4 is 5.32 Å². The SMILES string of the molecule is CN=C(NCC1CCCO1)N(C)Cc1ccc(SC)cc1. The van der Waals surface area contributed by atoms with Gasteiger partial charge in [0.05, 0.1) is 6.10 Å². The average Bonchev–Trinajstić information content (AvgIpc) is 3.02. The first-order chi connectivity index (χ1) is 10.2. The van der Waals surface area contributed by atoms with Gasteiger partial charge in [0.2, 0.25) is 0 Å². The van der Waals surface area contributed by atoms with Crippen LogP contribution in [0.25, 0.3) is 0 Å². The van der Waals surface area contributed by atoms with Crippen molar-refractivity contribution in [3.05, 3.63) is 29.8 Å². The summed E-state index contributed by atoms with van der Waals surface area (Å²) in [4.78, 5) is 7.79. The van der Waals surface area contributed by atoms with Crippen molar-refractivity contribution in [2.24, 2.45) is 4.99 Å². The van der Waals surface area contributed by atoms with Crippen molar-refractivity contribution in [2.75, 3.05) is 33.5 Å². The van der Waals surface area contributed by atoms with Gasteiger partial charge < -0.3 is 15.0 Å². The number of hydrogen-bond donors (Lipinski definition) is 1. The maximum absolute atomic E-state index is 5.63. The molecule has 5 heteroatoms. The van der Waals surface area contributed by atoms with E-state index in [1.807, 2.05) is 7.05 Å². The van der Waals surface area contributed by atoms with Gasteiger partial charge in [-0.05, 0) is 36.8 Å². The summed E-state index contributed by atoms with van der Waals surface area (Å²) in [5.74, 6) is 0.916. The maximum Gasteiger partial charge on any atom is 0.193 e. The highest BCUT2D eigenvalue weighted by atomic mass is 32.2. The predicted molar refractivity (Wildman–Crippen MR) is 90.0 cm³/mol. The normalized spacial score (nSPS) is 18.8. The maximum atomic E-state index is 5.63. The molecular weight excluding hydrogens is 282 g/mol. The Bertz CT molecular complexity index is 455. The molecule has 0 aliphatic carbocycles. The van der Waals surface area contributed by atoms with Gasteiger partial charge in [-0.3, -0.25) is 4.99 Å². The van der Waals surface area contributed by atoms with E-state index in [0.717, 1.165) is 32.1 Å². The third-order valence-corrected chi connectivity index (χ3v) is 4.41. The van der Waals surface area contributed by atoms with Crippen LogP contribution in [0.4, 0.5) is 0 Å². The quantitative estimate of drug-likeness (QED) is 0.515. The summed E-state index contributed by atoms with van der Waals surface area (Å²) in [5, 5.41) is 3.40. The molecule has 116 valence electrons. The molecule has 0 amide bonds. The Kier molecular flexibility index (Phi) is 6.39. The molecule has 1 heterocycles. The number of aliphatic imine (C=N–C) groups is 1. The monoisotopic (exact) mass is 307 g/mol. The molecule has 0 radical (unpaired) electrons. The Morgan fingerprint density at radius 2 is 2.19 bits per heavy atom. The molecule has 2 rings (SSSR count). The van der Waals surface area contributed by atoms with Gasteiger partial charge in [-0.2, -0.15) is 0 Å². The van der Waals surface area contributed by atoms with Gasteiger partial charge in [0.25, 0.3) is 0 Å². The van der Waals surface area contributed by atoms with Crippen LogP contribution in [-0.4, -0.2) is 50.5 Å². The first-order valence-electron chi connectivity index (χ1n) is 7.39. The van der Waals surface area contributed by atoms with E-state index in [1.165, 1.54) is 16.9 Å². The fourth-order valence-corrected chi connectivity index (χ4v) is 2.88. The zero-order chi connectivity index (χ0) is 15.1. The summed E-state index contributed by atoms with van der Waals surface area (Å²) in [5.41, 5.74) is 1.29. The summed E-state index contributed by atoms with van der Waals surface area (Å²) in [6.45, 7) is 2.57. The van der Waals surface area contributed by atoms with Gasteiger partial charge in [0.15, 0.2) is 5.96 Å². The number of nitrogens with zero attached hydrogens (tertiary/aromatic N) is 2. The molecule has 1 unspecified atom stereocenters. The van der Waals surface area contributed by atoms with Gasteiger partial charge >= 0.3 is 0 Å². The van der Waals surface area contributed by atoms with Crippen LogP contribution in [-0.2, 0) is 11.3 Å². The number of rotatable bonds is 5. The average molecular weight is 307 g/mol. The lowest BCUT2D eigenvalue weighted by Crippen LogP contribution is -2.41. The minimum absolute atomic E-state index is 0.330. The fourth-order valence-electron chi connectivity index (χ4n) is 2.47. The number of thioether (sulfide) groups is 1. The van der Waals surface area contributed by atoms with Crippen molar-refractivity contribution in [3.8, 4) is 0 Å². The molecule has 21 heavy (non-hydrogen) atoms. The molecule has 1 N–H and O–H groups in total. The van der Waals surface area contributed by atoms with E-state index in [-0.39, 0.29) is 0 Å². The second kappa shape index (κ2) is 8.29. The Hall–Kier alpha value is -1.20. The summed E-state index contributed by atoms with van der Waals surface area (Å²) in [6.07, 6.45) is 4.74. The van der Waals surface area contributed by atoms with Crippen molar-refractivity contribution in [2.45, 2.75) is 30.4 Å². The van der Waals surface area contributed by atoms with Crippen LogP contribution in [0.1, 0.15) is 18.4 Å². The zero-order valence-corrected chi connectivity index (χ0v) is 13.9. The zero-order valence-electron chi connectivity index (χ0n) is 13.1. The molecular formula is C16H25N3OS. The van der Waals surface area contributed by atoms with Crippen LogP contribution in [0, 0.1) is 0 Å². The summed E-state index contributed by atoms with van der Waals surface area (Å²) in [7, 11) is 3.89. The highest BCUT2D eigenvalue weighted by molar-refractivity contribution is 7.98. The van der Waals surface area contributed by atoms with Crippen LogP contribution in [0.2, 0.25) is 0 Å². The number of hydrogen-bond acceptors (Lipinski definition) is 3. The predicted octanol–water partition coefficient (Wildman–Crippen LogP) is 2.59. The molecule has 0 aromatic heterocycles. The van der Waals surface area contributed by atoms with Gasteiger partial charge in [0, 0.05) is 38.7 Å². The molecule has 0 spiro atoms. The van der Waals surface area contributed by atoms with Gasteiger partial charge in [-0.15, -0.1) is 11.8 Å². The van der Waals surface area contributed by atoms with E-state index in [4.69, 9.17) is 4.74 Å². The first-order valence-corrected chi connectivity index (χ1v) is 8.61. The smallest absolute Gasteiger partial charge is 0.193 e. The van der Waals surface area contributed by atoms with Crippen molar-refractivity contribution in [1.82, 2.24) is 10.2 Å². The Morgan fingerprint density at radius 3 is 2.76 bits per heavy atom. The molecule has 1 aliphatic rings. The minimum Gasteiger partial charge on any atom is -0.376 e. The van der Waals surface area contributed by atoms with Crippen LogP contribution in [0.5, 0.6) is 0 Å². The molecule has 1 atom stereocenters. The summed E-state index contributed by atoms with van der Waals surface area (Å²) < 4.78 is 5.63. The Morgan fingerprint density at radius 1 is 1.43 bits per heavy atom. The molecule has 1 aromatic carbocycles. The standard InChI is InChI=1S/C16H25N3OS/c1-17-16(18-11-14-5-4-10-20-14)19(2)12-13-6-8-15(21-3)9-7-13/h6-9,14H,4-5,10-12H2,1-3H3,(H,17,18). The molecule has 1 aromatic rings. The number of ether oxygens (including phenoxy) is 1. The van der Waals surface area contributed by atoms with Crippen molar-refractivity contribution >= 4 is 17.7 Å². The molecule has 1 fully saturated rings. The van der Waals surface area contributed by atoms with E-state index >= 15 is 0 Å². The topological polar surface area (TPSA) is 36.9 Å². The molecule has 4 nitrogen and oxygen atoms in total. The highest BCUT2D eigenvalue weighted by Gasteiger charge is 2.16. The van der Waals surface area contributed by atoms with E-state index in [2.05, 4.69) is 52.8 Å². The molecule has 0 saturated carbocycles. The molecule has 0 bridgehead atoms. The first kappa shape index (κ1) is 16.2. The fraction of sp³-hybridized carbons (Fsp3) is 0.562. The van der Waals surface area contributed by atoms with Gasteiger partial charge in [-0.1, -0.05) is 12.1 Å². The molecule has 1 saturated heterocycles. The van der Waals surface area contributed by atoms with E-state index < -0.39 is 0 Å². The second-order valence-electron chi connectivity index (χ2n) is 5.27. The third-order valence-electron chi connectivity index (χ3n) is 3.66. The Balaban J connectivity index is 1.85. The van der Waals surface area contributed by atoms with Crippen LogP contribution in [0.15, 0.2) is 34.2 Å². The number of nitrogens with one attached hydrogen (secondary N) is 1. The van der Waals surface area contributed by atoms with E-state index in [1.54, 1.807) is 11.8 Å². The Labute approximate surface area is 132 Å². The highest BCUT2D eigenvalue weighted by Crippen LogP contribution is 2.15. The van der Waals surface area contributed by atoms with Gasteiger partial charge in [-0.25, -0.2) is 0 Å². The largest absolute Gasteiger partial charge is 0.376 e. The lowest BCUT2D eigenvalue weighted by atomic mass is 10.2.